The first-order valence-electron chi connectivity index (χ1n) is 16.2. The van der Waals surface area contributed by atoms with Crippen molar-refractivity contribution in [2.24, 2.45) is 5.92 Å². The number of rotatable bonds is 17. The van der Waals surface area contributed by atoms with E-state index in [2.05, 4.69) is 5.32 Å². The summed E-state index contributed by atoms with van der Waals surface area (Å²) in [5.74, 6) is 0.758. The second-order valence-electron chi connectivity index (χ2n) is 11.3. The molecule has 246 valence electrons. The molecule has 1 N–H and O–H groups in total. The summed E-state index contributed by atoms with van der Waals surface area (Å²) in [6, 6.07) is 22.4. The van der Waals surface area contributed by atoms with Crippen molar-refractivity contribution in [1.82, 2.24) is 5.32 Å². The lowest BCUT2D eigenvalue weighted by Crippen LogP contribution is -2.40. The number of esters is 2. The van der Waals surface area contributed by atoms with Crippen molar-refractivity contribution in [1.29, 1.82) is 0 Å². The Morgan fingerprint density at radius 3 is 2.20 bits per heavy atom. The van der Waals surface area contributed by atoms with Crippen molar-refractivity contribution >= 4 is 17.8 Å². The summed E-state index contributed by atoms with van der Waals surface area (Å²) in [6.45, 7) is 3.79. The van der Waals surface area contributed by atoms with E-state index in [-0.39, 0.29) is 35.0 Å². The van der Waals surface area contributed by atoms with E-state index in [1.807, 2.05) is 54.6 Å². The zero-order valence-corrected chi connectivity index (χ0v) is 26.8. The molecule has 0 radical (unpaired) electrons. The first-order valence-corrected chi connectivity index (χ1v) is 16.2. The Morgan fingerprint density at radius 1 is 0.804 bits per heavy atom. The highest BCUT2D eigenvalue weighted by molar-refractivity contribution is 6.00. The van der Waals surface area contributed by atoms with E-state index in [0.29, 0.717) is 38.6 Å². The summed E-state index contributed by atoms with van der Waals surface area (Å²) >= 11 is 0. The highest BCUT2D eigenvalue weighted by atomic mass is 16.5. The molecule has 1 amide bonds. The van der Waals surface area contributed by atoms with Crippen LogP contribution in [0, 0.1) is 5.92 Å². The molecule has 2 unspecified atom stereocenters. The third-order valence-electron chi connectivity index (χ3n) is 7.88. The Morgan fingerprint density at radius 2 is 1.50 bits per heavy atom. The summed E-state index contributed by atoms with van der Waals surface area (Å²) in [4.78, 5) is 37.9. The Labute approximate surface area is 271 Å². The summed E-state index contributed by atoms with van der Waals surface area (Å²) in [5.41, 5.74) is 1.67. The fourth-order valence-corrected chi connectivity index (χ4v) is 5.45. The Hall–Kier alpha value is -4.53. The molecule has 1 aliphatic carbocycles. The van der Waals surface area contributed by atoms with Crippen molar-refractivity contribution in [2.45, 2.75) is 64.3 Å². The molecule has 0 heterocycles. The summed E-state index contributed by atoms with van der Waals surface area (Å²) in [5, 5.41) is 3.04. The molecule has 0 aromatic heterocycles. The SMILES string of the molecule is CCOC(=O)C1CCCC(NC(=O)c2cc(C(=O)OC)ccc2OCCCc2ccc(OCCCCOc3ccccc3)cc2)C1. The minimum absolute atomic E-state index is 0.175. The van der Waals surface area contributed by atoms with Crippen LogP contribution in [0.5, 0.6) is 17.2 Å². The predicted octanol–water partition coefficient (Wildman–Crippen LogP) is 6.57. The molecule has 0 spiro atoms. The Balaban J connectivity index is 1.23. The van der Waals surface area contributed by atoms with Crippen LogP contribution in [-0.2, 0) is 20.7 Å². The van der Waals surface area contributed by atoms with Crippen LogP contribution in [0.15, 0.2) is 72.8 Å². The molecule has 0 aliphatic heterocycles. The van der Waals surface area contributed by atoms with Crippen LogP contribution in [0.25, 0.3) is 0 Å². The number of carbonyl (C=O) groups excluding carboxylic acids is 3. The number of amides is 1. The normalized spacial score (nSPS) is 15.8. The lowest BCUT2D eigenvalue weighted by Gasteiger charge is -2.28. The van der Waals surface area contributed by atoms with Crippen LogP contribution in [0.1, 0.15) is 78.1 Å². The average molecular weight is 632 g/mol. The lowest BCUT2D eigenvalue weighted by atomic mass is 9.85. The first-order chi connectivity index (χ1) is 22.5. The molecule has 3 aromatic rings. The number of carbonyl (C=O) groups is 3. The van der Waals surface area contributed by atoms with E-state index in [4.69, 9.17) is 23.7 Å². The highest BCUT2D eigenvalue weighted by Crippen LogP contribution is 2.27. The molecule has 0 saturated heterocycles. The van der Waals surface area contributed by atoms with Gasteiger partial charge in [0.25, 0.3) is 5.91 Å². The minimum Gasteiger partial charge on any atom is -0.494 e. The van der Waals surface area contributed by atoms with Gasteiger partial charge in [-0.15, -0.1) is 0 Å². The Bertz CT molecular complexity index is 1390. The average Bonchev–Trinajstić information content (AvgIpc) is 3.09. The van der Waals surface area contributed by atoms with Gasteiger partial charge in [0.1, 0.15) is 17.2 Å². The quantitative estimate of drug-likeness (QED) is 0.132. The number of nitrogens with one attached hydrogen (secondary N) is 1. The molecule has 3 aromatic carbocycles. The van der Waals surface area contributed by atoms with E-state index in [9.17, 15) is 14.4 Å². The predicted molar refractivity (Wildman–Crippen MR) is 175 cm³/mol. The van der Waals surface area contributed by atoms with Crippen molar-refractivity contribution in [3.8, 4) is 17.2 Å². The molecule has 46 heavy (non-hydrogen) atoms. The van der Waals surface area contributed by atoms with E-state index in [1.165, 1.54) is 13.2 Å². The topological polar surface area (TPSA) is 109 Å². The highest BCUT2D eigenvalue weighted by Gasteiger charge is 2.30. The molecule has 9 nitrogen and oxygen atoms in total. The van der Waals surface area contributed by atoms with E-state index in [0.717, 1.165) is 62.0 Å². The number of para-hydroxylation sites is 1. The maximum atomic E-state index is 13.4. The number of methoxy groups -OCH3 is 1. The number of ether oxygens (including phenoxy) is 5. The van der Waals surface area contributed by atoms with Crippen molar-refractivity contribution in [3.05, 3.63) is 89.5 Å². The molecule has 1 saturated carbocycles. The summed E-state index contributed by atoms with van der Waals surface area (Å²) < 4.78 is 27.7. The number of hydrogen-bond acceptors (Lipinski definition) is 8. The van der Waals surface area contributed by atoms with Crippen LogP contribution in [0.4, 0.5) is 0 Å². The lowest BCUT2D eigenvalue weighted by molar-refractivity contribution is -0.149. The van der Waals surface area contributed by atoms with Gasteiger partial charge in [0.05, 0.1) is 50.6 Å². The number of aryl methyl sites for hydroxylation is 1. The van der Waals surface area contributed by atoms with Gasteiger partial charge in [-0.05, 0) is 99.9 Å². The fraction of sp³-hybridized carbons (Fsp3) is 0.432. The molecule has 2 atom stereocenters. The van der Waals surface area contributed by atoms with Crippen LogP contribution in [0.3, 0.4) is 0 Å². The van der Waals surface area contributed by atoms with Gasteiger partial charge in [-0.1, -0.05) is 36.8 Å². The van der Waals surface area contributed by atoms with Gasteiger partial charge in [-0.3, -0.25) is 9.59 Å². The standard InChI is InChI=1S/C37H45NO8/c1-3-43-37(41)28-12-9-13-30(25-28)38-35(39)33-26-29(36(40)42-2)18-21-34(33)46-24-10-11-27-16-19-32(20-17-27)45-23-8-7-22-44-31-14-5-4-6-15-31/h4-6,14-21,26,28,30H,3,7-13,22-25H2,1-2H3,(H,38,39). The third-order valence-corrected chi connectivity index (χ3v) is 7.88. The van der Waals surface area contributed by atoms with Gasteiger partial charge in [0.2, 0.25) is 0 Å². The van der Waals surface area contributed by atoms with Gasteiger partial charge < -0.3 is 29.0 Å². The van der Waals surface area contributed by atoms with E-state index >= 15 is 0 Å². The van der Waals surface area contributed by atoms with Crippen LogP contribution in [0.2, 0.25) is 0 Å². The molecule has 0 bridgehead atoms. The Kier molecular flexibility index (Phi) is 13.8. The second kappa shape index (κ2) is 18.4. The van der Waals surface area contributed by atoms with E-state index in [1.54, 1.807) is 19.1 Å². The number of benzene rings is 3. The number of unbranched alkanes of at least 4 members (excludes halogenated alkanes) is 1. The second-order valence-corrected chi connectivity index (χ2v) is 11.3. The molecule has 1 fully saturated rings. The van der Waals surface area contributed by atoms with Gasteiger partial charge in [0, 0.05) is 6.04 Å². The first kappa shape index (κ1) is 34.3. The van der Waals surface area contributed by atoms with Gasteiger partial charge in [0.15, 0.2) is 0 Å². The molecule has 4 rings (SSSR count). The monoisotopic (exact) mass is 631 g/mol. The van der Waals surface area contributed by atoms with Crippen LogP contribution >= 0.6 is 0 Å². The molecule has 9 heteroatoms. The van der Waals surface area contributed by atoms with Gasteiger partial charge in [-0.25, -0.2) is 4.79 Å². The zero-order chi connectivity index (χ0) is 32.6. The number of hydrogen-bond donors (Lipinski definition) is 1. The minimum atomic E-state index is -0.537. The van der Waals surface area contributed by atoms with E-state index < -0.39 is 5.97 Å². The van der Waals surface area contributed by atoms with Crippen molar-refractivity contribution in [3.63, 3.8) is 0 Å². The third kappa shape index (κ3) is 10.8. The van der Waals surface area contributed by atoms with Crippen molar-refractivity contribution < 1.29 is 38.1 Å². The van der Waals surface area contributed by atoms with Gasteiger partial charge in [-0.2, -0.15) is 0 Å². The van der Waals surface area contributed by atoms with Crippen LogP contribution < -0.4 is 19.5 Å². The molecular weight excluding hydrogens is 586 g/mol. The zero-order valence-electron chi connectivity index (χ0n) is 26.8. The molecule has 1 aliphatic rings. The van der Waals surface area contributed by atoms with Gasteiger partial charge >= 0.3 is 11.9 Å². The maximum Gasteiger partial charge on any atom is 0.337 e. The maximum absolute atomic E-state index is 13.4. The largest absolute Gasteiger partial charge is 0.494 e. The molecular formula is C37H45NO8. The summed E-state index contributed by atoms with van der Waals surface area (Å²) in [6.07, 6.45) is 6.18. The van der Waals surface area contributed by atoms with Crippen molar-refractivity contribution in [2.75, 3.05) is 33.5 Å². The fourth-order valence-electron chi connectivity index (χ4n) is 5.45. The summed E-state index contributed by atoms with van der Waals surface area (Å²) in [7, 11) is 1.30. The van der Waals surface area contributed by atoms with Crippen LogP contribution in [-0.4, -0.2) is 57.4 Å². The smallest absolute Gasteiger partial charge is 0.337 e.